The SMILES string of the molecule is CC(N)C(c1cccnc1)N1CCC(C)(C)C1. The summed E-state index contributed by atoms with van der Waals surface area (Å²) in [7, 11) is 0. The van der Waals surface area contributed by atoms with Gasteiger partial charge in [0.2, 0.25) is 0 Å². The zero-order valence-corrected chi connectivity index (χ0v) is 11.1. The smallest absolute Gasteiger partial charge is 0.0511 e. The molecule has 1 aromatic rings. The molecule has 17 heavy (non-hydrogen) atoms. The number of pyridine rings is 1. The maximum atomic E-state index is 6.17. The van der Waals surface area contributed by atoms with Gasteiger partial charge in [-0.25, -0.2) is 0 Å². The summed E-state index contributed by atoms with van der Waals surface area (Å²) in [5.41, 5.74) is 7.82. The highest BCUT2D eigenvalue weighted by Gasteiger charge is 2.35. The van der Waals surface area contributed by atoms with Gasteiger partial charge in [-0.2, -0.15) is 0 Å². The van der Waals surface area contributed by atoms with Crippen molar-refractivity contribution in [2.45, 2.75) is 39.3 Å². The number of nitrogens with two attached hydrogens (primary N) is 1. The Hall–Kier alpha value is -0.930. The van der Waals surface area contributed by atoms with Gasteiger partial charge in [0.15, 0.2) is 0 Å². The number of rotatable bonds is 3. The van der Waals surface area contributed by atoms with Gasteiger partial charge in [-0.3, -0.25) is 9.88 Å². The molecule has 2 unspecified atom stereocenters. The average molecular weight is 233 g/mol. The van der Waals surface area contributed by atoms with E-state index < -0.39 is 0 Å². The van der Waals surface area contributed by atoms with E-state index >= 15 is 0 Å². The molecule has 2 rings (SSSR count). The molecule has 2 heterocycles. The van der Waals surface area contributed by atoms with E-state index in [-0.39, 0.29) is 6.04 Å². The lowest BCUT2D eigenvalue weighted by Crippen LogP contribution is -2.39. The summed E-state index contributed by atoms with van der Waals surface area (Å²) in [5, 5.41) is 0. The van der Waals surface area contributed by atoms with Crippen molar-refractivity contribution in [3.8, 4) is 0 Å². The average Bonchev–Trinajstić information content (AvgIpc) is 2.60. The first-order valence-electron chi connectivity index (χ1n) is 6.39. The van der Waals surface area contributed by atoms with Gasteiger partial charge in [-0.05, 0) is 36.9 Å². The minimum absolute atomic E-state index is 0.132. The lowest BCUT2D eigenvalue weighted by atomic mass is 9.93. The molecule has 3 heteroatoms. The Bertz CT molecular complexity index is 359. The van der Waals surface area contributed by atoms with Gasteiger partial charge in [-0.15, -0.1) is 0 Å². The molecule has 1 aromatic heterocycles. The topological polar surface area (TPSA) is 42.1 Å². The fourth-order valence-corrected chi connectivity index (χ4v) is 2.79. The van der Waals surface area contributed by atoms with E-state index in [0.29, 0.717) is 11.5 Å². The molecule has 0 amide bonds. The molecular weight excluding hydrogens is 210 g/mol. The van der Waals surface area contributed by atoms with E-state index in [0.717, 1.165) is 13.1 Å². The van der Waals surface area contributed by atoms with Crippen molar-refractivity contribution in [2.24, 2.45) is 11.1 Å². The van der Waals surface area contributed by atoms with Crippen molar-refractivity contribution >= 4 is 0 Å². The fourth-order valence-electron chi connectivity index (χ4n) is 2.79. The highest BCUT2D eigenvalue weighted by Crippen LogP contribution is 2.35. The maximum absolute atomic E-state index is 6.17. The van der Waals surface area contributed by atoms with Crippen LogP contribution in [0, 0.1) is 5.41 Å². The molecule has 2 N–H and O–H groups in total. The highest BCUT2D eigenvalue weighted by molar-refractivity contribution is 5.16. The van der Waals surface area contributed by atoms with E-state index in [1.807, 2.05) is 18.5 Å². The van der Waals surface area contributed by atoms with Crippen LogP contribution in [0.3, 0.4) is 0 Å². The molecule has 0 bridgehead atoms. The van der Waals surface area contributed by atoms with Gasteiger partial charge < -0.3 is 5.73 Å². The Morgan fingerprint density at radius 2 is 2.24 bits per heavy atom. The van der Waals surface area contributed by atoms with E-state index in [9.17, 15) is 0 Å². The van der Waals surface area contributed by atoms with Crippen LogP contribution in [0.15, 0.2) is 24.5 Å². The molecule has 0 radical (unpaired) electrons. The Labute approximate surface area is 104 Å². The molecule has 0 spiro atoms. The van der Waals surface area contributed by atoms with Crippen molar-refractivity contribution < 1.29 is 0 Å². The van der Waals surface area contributed by atoms with Gasteiger partial charge in [0.25, 0.3) is 0 Å². The van der Waals surface area contributed by atoms with Crippen LogP contribution in [-0.2, 0) is 0 Å². The van der Waals surface area contributed by atoms with Crippen molar-refractivity contribution in [3.05, 3.63) is 30.1 Å². The molecule has 0 saturated carbocycles. The molecule has 94 valence electrons. The van der Waals surface area contributed by atoms with Crippen molar-refractivity contribution in [1.29, 1.82) is 0 Å². The third-order valence-corrected chi connectivity index (χ3v) is 3.62. The molecule has 3 nitrogen and oxygen atoms in total. The summed E-state index contributed by atoms with van der Waals surface area (Å²) in [5.74, 6) is 0. The second-order valence-electron chi connectivity index (χ2n) is 5.98. The van der Waals surface area contributed by atoms with Crippen LogP contribution in [0.25, 0.3) is 0 Å². The summed E-state index contributed by atoms with van der Waals surface area (Å²) in [6, 6.07) is 4.55. The lowest BCUT2D eigenvalue weighted by Gasteiger charge is -2.32. The Balaban J connectivity index is 2.20. The van der Waals surface area contributed by atoms with Gasteiger partial charge in [-0.1, -0.05) is 19.9 Å². The third-order valence-electron chi connectivity index (χ3n) is 3.62. The first-order valence-corrected chi connectivity index (χ1v) is 6.39. The summed E-state index contributed by atoms with van der Waals surface area (Å²) >= 11 is 0. The molecule has 1 saturated heterocycles. The molecule has 1 aliphatic rings. The number of likely N-dealkylation sites (tertiary alicyclic amines) is 1. The van der Waals surface area contributed by atoms with Crippen LogP contribution >= 0.6 is 0 Å². The molecule has 0 aromatic carbocycles. The zero-order valence-electron chi connectivity index (χ0n) is 11.1. The number of aromatic nitrogens is 1. The van der Waals surface area contributed by atoms with Crippen LogP contribution in [-0.4, -0.2) is 29.0 Å². The van der Waals surface area contributed by atoms with Crippen LogP contribution in [0.5, 0.6) is 0 Å². The second-order valence-corrected chi connectivity index (χ2v) is 5.98. The Kier molecular flexibility index (Phi) is 3.50. The van der Waals surface area contributed by atoms with Crippen LogP contribution in [0.4, 0.5) is 0 Å². The van der Waals surface area contributed by atoms with Gasteiger partial charge in [0.05, 0.1) is 6.04 Å². The highest BCUT2D eigenvalue weighted by atomic mass is 15.2. The predicted octanol–water partition coefficient (Wildman–Crippen LogP) is 2.20. The third kappa shape index (κ3) is 2.85. The molecule has 1 aliphatic heterocycles. The summed E-state index contributed by atoms with van der Waals surface area (Å²) < 4.78 is 0. The quantitative estimate of drug-likeness (QED) is 0.870. The van der Waals surface area contributed by atoms with Crippen molar-refractivity contribution in [1.82, 2.24) is 9.88 Å². The van der Waals surface area contributed by atoms with Gasteiger partial charge in [0.1, 0.15) is 0 Å². The van der Waals surface area contributed by atoms with Gasteiger partial charge >= 0.3 is 0 Å². The fraction of sp³-hybridized carbons (Fsp3) is 0.643. The Morgan fingerprint density at radius 3 is 2.71 bits per heavy atom. The van der Waals surface area contributed by atoms with E-state index in [1.165, 1.54) is 12.0 Å². The zero-order chi connectivity index (χ0) is 12.5. The van der Waals surface area contributed by atoms with Crippen molar-refractivity contribution in [2.75, 3.05) is 13.1 Å². The van der Waals surface area contributed by atoms with E-state index in [4.69, 9.17) is 5.73 Å². The first kappa shape index (κ1) is 12.5. The lowest BCUT2D eigenvalue weighted by molar-refractivity contribution is 0.196. The second kappa shape index (κ2) is 4.75. The normalized spacial score (nSPS) is 23.5. The Morgan fingerprint density at radius 1 is 1.47 bits per heavy atom. The summed E-state index contributed by atoms with van der Waals surface area (Å²) in [6.07, 6.45) is 5.01. The van der Waals surface area contributed by atoms with Crippen molar-refractivity contribution in [3.63, 3.8) is 0 Å². The standard InChI is InChI=1S/C14H23N3/c1-11(15)13(12-5-4-7-16-9-12)17-8-6-14(2,3)10-17/h4-5,7,9,11,13H,6,8,10,15H2,1-3H3. The first-order chi connectivity index (χ1) is 7.99. The molecule has 1 fully saturated rings. The van der Waals surface area contributed by atoms with Crippen LogP contribution < -0.4 is 5.73 Å². The van der Waals surface area contributed by atoms with Crippen LogP contribution in [0.1, 0.15) is 38.8 Å². The van der Waals surface area contributed by atoms with Gasteiger partial charge in [0, 0.05) is 25.0 Å². The minimum Gasteiger partial charge on any atom is -0.326 e. The molecule has 2 atom stereocenters. The monoisotopic (exact) mass is 233 g/mol. The maximum Gasteiger partial charge on any atom is 0.0511 e. The molecular formula is C14H23N3. The summed E-state index contributed by atoms with van der Waals surface area (Å²) in [4.78, 5) is 6.72. The minimum atomic E-state index is 0.132. The molecule has 0 aliphatic carbocycles. The van der Waals surface area contributed by atoms with E-state index in [1.54, 1.807) is 0 Å². The number of hydrogen-bond acceptors (Lipinski definition) is 3. The van der Waals surface area contributed by atoms with Crippen LogP contribution in [0.2, 0.25) is 0 Å². The number of hydrogen-bond donors (Lipinski definition) is 1. The number of nitrogens with zero attached hydrogens (tertiary/aromatic N) is 2. The predicted molar refractivity (Wildman–Crippen MR) is 70.6 cm³/mol. The summed E-state index contributed by atoms with van der Waals surface area (Å²) in [6.45, 7) is 8.99. The van der Waals surface area contributed by atoms with E-state index in [2.05, 4.69) is 36.7 Å². The largest absolute Gasteiger partial charge is 0.326 e.